The third-order valence-corrected chi connectivity index (χ3v) is 7.21. The van der Waals surface area contributed by atoms with E-state index in [1.165, 1.54) is 0 Å². The summed E-state index contributed by atoms with van der Waals surface area (Å²) in [6.45, 7) is 3.77. The van der Waals surface area contributed by atoms with Crippen molar-refractivity contribution >= 4 is 23.1 Å². The topological polar surface area (TPSA) is 67.9 Å². The van der Waals surface area contributed by atoms with Gasteiger partial charge in [-0.05, 0) is 47.7 Å². The zero-order chi connectivity index (χ0) is 26.1. The van der Waals surface area contributed by atoms with E-state index in [1.54, 1.807) is 19.1 Å². The van der Waals surface area contributed by atoms with Gasteiger partial charge in [-0.25, -0.2) is 0 Å². The molecule has 1 aliphatic heterocycles. The Labute approximate surface area is 217 Å². The average Bonchev–Trinajstić information content (AvgIpc) is 3.07. The second-order valence-corrected chi connectivity index (χ2v) is 9.85. The molecule has 0 fully saturated rings. The van der Waals surface area contributed by atoms with E-state index in [2.05, 4.69) is 17.4 Å². The van der Waals surface area contributed by atoms with Gasteiger partial charge in [0.25, 0.3) is 0 Å². The summed E-state index contributed by atoms with van der Waals surface area (Å²) in [7, 11) is 3.18. The summed E-state index contributed by atoms with van der Waals surface area (Å²) in [4.78, 5) is 29.7. The van der Waals surface area contributed by atoms with Crippen LogP contribution in [-0.4, -0.2) is 25.9 Å². The van der Waals surface area contributed by atoms with Gasteiger partial charge in [0.05, 0.1) is 31.6 Å². The zero-order valence-corrected chi connectivity index (χ0v) is 21.7. The number of fused-ring (bicyclic) bond motifs is 1. The number of para-hydroxylation sites is 2. The second-order valence-electron chi connectivity index (χ2n) is 9.85. The number of hydrogen-bond donors (Lipinski definition) is 1. The van der Waals surface area contributed by atoms with Crippen LogP contribution in [0.4, 0.5) is 11.4 Å². The lowest BCUT2D eigenvalue weighted by Gasteiger charge is -2.36. The van der Waals surface area contributed by atoms with Crippen LogP contribution in [0.2, 0.25) is 0 Å². The molecule has 0 unspecified atom stereocenters. The quantitative estimate of drug-likeness (QED) is 0.452. The third-order valence-electron chi connectivity index (χ3n) is 7.21. The Morgan fingerprint density at radius 3 is 2.30 bits per heavy atom. The first-order valence-corrected chi connectivity index (χ1v) is 12.6. The van der Waals surface area contributed by atoms with Gasteiger partial charge >= 0.3 is 0 Å². The Kier molecular flexibility index (Phi) is 6.74. The summed E-state index contributed by atoms with van der Waals surface area (Å²) in [6, 6.07) is 22.9. The summed E-state index contributed by atoms with van der Waals surface area (Å²) in [6.07, 6.45) is 1.06. The molecule has 2 atom stereocenters. The first kappa shape index (κ1) is 24.6. The molecule has 1 heterocycles. The number of allylic oxidation sites excluding steroid dienone is 1. The van der Waals surface area contributed by atoms with Crippen LogP contribution < -0.4 is 19.7 Å². The smallest absolute Gasteiger partial charge is 0.230 e. The van der Waals surface area contributed by atoms with Gasteiger partial charge in [-0.15, -0.1) is 0 Å². The third kappa shape index (κ3) is 4.48. The first-order chi connectivity index (χ1) is 17.9. The highest BCUT2D eigenvalue weighted by molar-refractivity contribution is 6.06. The number of ketones is 1. The lowest BCUT2D eigenvalue weighted by Crippen LogP contribution is -2.40. The van der Waals surface area contributed by atoms with Crippen molar-refractivity contribution in [2.24, 2.45) is 5.92 Å². The molecule has 1 amide bonds. The predicted octanol–water partition coefficient (Wildman–Crippen LogP) is 6.26. The summed E-state index contributed by atoms with van der Waals surface area (Å²) in [5.41, 5.74) is 4.98. The van der Waals surface area contributed by atoms with E-state index in [4.69, 9.17) is 9.47 Å². The number of nitrogens with zero attached hydrogens (tertiary/aromatic N) is 1. The molecule has 0 bridgehead atoms. The Morgan fingerprint density at radius 2 is 1.59 bits per heavy atom. The zero-order valence-electron chi connectivity index (χ0n) is 21.7. The lowest BCUT2D eigenvalue weighted by atomic mass is 9.78. The predicted molar refractivity (Wildman–Crippen MR) is 145 cm³/mol. The van der Waals surface area contributed by atoms with Crippen molar-refractivity contribution in [2.45, 2.75) is 38.6 Å². The number of hydrogen-bond acceptors (Lipinski definition) is 5. The monoisotopic (exact) mass is 496 g/mol. The highest BCUT2D eigenvalue weighted by Gasteiger charge is 2.42. The Bertz CT molecular complexity index is 1360. The molecular formula is C31H32N2O4. The average molecular weight is 497 g/mol. The number of methoxy groups -OCH3 is 2. The van der Waals surface area contributed by atoms with Crippen LogP contribution in [0, 0.1) is 5.92 Å². The molecule has 2 aliphatic rings. The van der Waals surface area contributed by atoms with Crippen molar-refractivity contribution in [3.63, 3.8) is 0 Å². The van der Waals surface area contributed by atoms with Gasteiger partial charge in [-0.3, -0.25) is 14.5 Å². The van der Waals surface area contributed by atoms with Crippen LogP contribution in [0.1, 0.15) is 49.8 Å². The van der Waals surface area contributed by atoms with E-state index in [-0.39, 0.29) is 23.5 Å². The maximum absolute atomic E-state index is 14.0. The molecule has 6 heteroatoms. The highest BCUT2D eigenvalue weighted by Crippen LogP contribution is 2.48. The molecular weight excluding hydrogens is 464 g/mol. The number of carbonyl (C=O) groups excluding carboxylic acids is 2. The largest absolute Gasteiger partial charge is 0.493 e. The number of anilines is 2. The van der Waals surface area contributed by atoms with E-state index in [9.17, 15) is 9.59 Å². The van der Waals surface area contributed by atoms with E-state index in [0.29, 0.717) is 29.9 Å². The fourth-order valence-electron chi connectivity index (χ4n) is 5.41. The molecule has 3 aromatic carbocycles. The fourth-order valence-corrected chi connectivity index (χ4v) is 5.41. The number of nitrogens with one attached hydrogen (secondary N) is 1. The molecule has 0 saturated carbocycles. The second kappa shape index (κ2) is 10.1. The van der Waals surface area contributed by atoms with Crippen LogP contribution in [0.15, 0.2) is 84.1 Å². The molecule has 1 N–H and O–H groups in total. The molecule has 190 valence electrons. The summed E-state index contributed by atoms with van der Waals surface area (Å²) >= 11 is 0. The van der Waals surface area contributed by atoms with Crippen molar-refractivity contribution < 1.29 is 19.1 Å². The van der Waals surface area contributed by atoms with Crippen molar-refractivity contribution in [3.8, 4) is 11.5 Å². The SMILES string of the molecule is COc1ccc([C@@H]2C3=C(C[C@H](c4ccccc4)CC3=O)Nc3ccccc3N2C(=O)C(C)C)cc1OC. The molecule has 1 aliphatic carbocycles. The number of ether oxygens (including phenoxy) is 2. The number of benzene rings is 3. The number of amides is 1. The molecule has 5 rings (SSSR count). The van der Waals surface area contributed by atoms with Gasteiger partial charge in [-0.1, -0.05) is 62.4 Å². The van der Waals surface area contributed by atoms with Crippen molar-refractivity contribution in [2.75, 3.05) is 24.4 Å². The van der Waals surface area contributed by atoms with Gasteiger partial charge in [0, 0.05) is 23.6 Å². The van der Waals surface area contributed by atoms with Gasteiger partial charge in [0.15, 0.2) is 17.3 Å². The first-order valence-electron chi connectivity index (χ1n) is 12.6. The van der Waals surface area contributed by atoms with Crippen molar-refractivity contribution in [3.05, 3.63) is 95.2 Å². The highest BCUT2D eigenvalue weighted by atomic mass is 16.5. The Hall–Kier alpha value is -4.06. The lowest BCUT2D eigenvalue weighted by molar-refractivity contribution is -0.121. The minimum Gasteiger partial charge on any atom is -0.493 e. The summed E-state index contributed by atoms with van der Waals surface area (Å²) < 4.78 is 11.1. The molecule has 0 saturated heterocycles. The molecule has 0 radical (unpaired) electrons. The Morgan fingerprint density at radius 1 is 0.892 bits per heavy atom. The van der Waals surface area contributed by atoms with Crippen LogP contribution in [0.5, 0.6) is 11.5 Å². The fraction of sp³-hybridized carbons (Fsp3) is 0.290. The van der Waals surface area contributed by atoms with E-state index >= 15 is 0 Å². The van der Waals surface area contributed by atoms with Crippen LogP contribution in [0.25, 0.3) is 0 Å². The molecule has 0 spiro atoms. The van der Waals surface area contributed by atoms with E-state index in [1.807, 2.05) is 74.5 Å². The van der Waals surface area contributed by atoms with Gasteiger partial charge in [0.2, 0.25) is 5.91 Å². The van der Waals surface area contributed by atoms with Crippen LogP contribution in [-0.2, 0) is 9.59 Å². The van der Waals surface area contributed by atoms with E-state index < -0.39 is 6.04 Å². The number of Topliss-reactive ketones (excluding diaryl/α,β-unsaturated/α-hetero) is 1. The van der Waals surface area contributed by atoms with Crippen LogP contribution >= 0.6 is 0 Å². The summed E-state index contributed by atoms with van der Waals surface area (Å²) in [5.74, 6) is 0.917. The van der Waals surface area contributed by atoms with Gasteiger partial charge in [-0.2, -0.15) is 0 Å². The number of carbonyl (C=O) groups is 2. The normalized spacial score (nSPS) is 19.1. The van der Waals surface area contributed by atoms with Crippen LogP contribution in [0.3, 0.4) is 0 Å². The maximum Gasteiger partial charge on any atom is 0.230 e. The molecule has 6 nitrogen and oxygen atoms in total. The van der Waals surface area contributed by atoms with Crippen molar-refractivity contribution in [1.82, 2.24) is 0 Å². The van der Waals surface area contributed by atoms with E-state index in [0.717, 1.165) is 28.2 Å². The standard InChI is InChI=1S/C31H32N2O4/c1-19(2)31(35)33-25-13-9-8-12-23(25)32-24-16-22(20-10-6-5-7-11-20)17-26(34)29(24)30(33)21-14-15-27(36-3)28(18-21)37-4/h5-15,18-19,22,30,32H,16-17H2,1-4H3/t22-,30+/m0/s1. The minimum absolute atomic E-state index is 0.0387. The van der Waals surface area contributed by atoms with Crippen molar-refractivity contribution in [1.29, 1.82) is 0 Å². The molecule has 3 aromatic rings. The number of rotatable bonds is 5. The Balaban J connectivity index is 1.74. The molecule has 37 heavy (non-hydrogen) atoms. The minimum atomic E-state index is -0.606. The summed E-state index contributed by atoms with van der Waals surface area (Å²) in [5, 5.41) is 3.58. The van der Waals surface area contributed by atoms with Gasteiger partial charge in [0.1, 0.15) is 0 Å². The van der Waals surface area contributed by atoms with Gasteiger partial charge < -0.3 is 14.8 Å². The maximum atomic E-state index is 14.0. The molecule has 0 aromatic heterocycles.